The molecule has 2 heterocycles. The molecule has 1 N–H and O–H groups in total. The predicted octanol–water partition coefficient (Wildman–Crippen LogP) is 6.52. The number of rotatable bonds is 7. The highest BCUT2D eigenvalue weighted by Crippen LogP contribution is 2.42. The Morgan fingerprint density at radius 1 is 1.03 bits per heavy atom. The third-order valence-corrected chi connectivity index (χ3v) is 7.19. The molecule has 0 unspecified atom stereocenters. The minimum Gasteiger partial charge on any atom is -0.496 e. The van der Waals surface area contributed by atoms with Gasteiger partial charge in [0.15, 0.2) is 0 Å². The van der Waals surface area contributed by atoms with Crippen molar-refractivity contribution in [2.45, 2.75) is 32.2 Å². The van der Waals surface area contributed by atoms with Crippen molar-refractivity contribution in [2.75, 3.05) is 7.11 Å². The van der Waals surface area contributed by atoms with Crippen molar-refractivity contribution in [2.24, 2.45) is 5.10 Å². The van der Waals surface area contributed by atoms with Crippen LogP contribution in [-0.2, 0) is 9.59 Å². The summed E-state index contributed by atoms with van der Waals surface area (Å²) in [5.41, 5.74) is 6.08. The standard InChI is InChI=1S/C30H26BrN3O4/c1-18-29(30(19-8-4-3-5-9-19)22-16-20(31)12-13-23(22)32-18)24-17-25(21-10-6-7-11-26(21)38-2)34(33-24)27(35)14-15-28(36)37/h3-13,16,25H,14-15,17H2,1-2H3,(H,36,37)/t25-/m1/s1. The largest absolute Gasteiger partial charge is 0.496 e. The Hall–Kier alpha value is -4.04. The van der Waals surface area contributed by atoms with Gasteiger partial charge in [-0.25, -0.2) is 5.01 Å². The van der Waals surface area contributed by atoms with Gasteiger partial charge in [-0.1, -0.05) is 64.5 Å². The molecule has 5 rings (SSSR count). The van der Waals surface area contributed by atoms with Crippen molar-refractivity contribution in [3.8, 4) is 16.9 Å². The van der Waals surface area contributed by atoms with Gasteiger partial charge >= 0.3 is 5.97 Å². The number of hydrogen-bond donors (Lipinski definition) is 1. The second kappa shape index (κ2) is 10.8. The molecule has 0 saturated heterocycles. The number of amides is 1. The molecule has 0 radical (unpaired) electrons. The molecule has 0 bridgehead atoms. The zero-order valence-corrected chi connectivity index (χ0v) is 22.6. The summed E-state index contributed by atoms with van der Waals surface area (Å²) in [6.07, 6.45) is 0.0188. The van der Waals surface area contributed by atoms with E-state index in [1.807, 2.05) is 61.5 Å². The van der Waals surface area contributed by atoms with Crippen LogP contribution >= 0.6 is 15.9 Å². The van der Waals surface area contributed by atoms with Crippen molar-refractivity contribution in [3.63, 3.8) is 0 Å². The van der Waals surface area contributed by atoms with Crippen molar-refractivity contribution in [1.82, 2.24) is 9.99 Å². The number of nitrogens with zero attached hydrogens (tertiary/aromatic N) is 3. The van der Waals surface area contributed by atoms with E-state index < -0.39 is 12.0 Å². The van der Waals surface area contributed by atoms with Gasteiger partial charge in [-0.3, -0.25) is 14.6 Å². The Morgan fingerprint density at radius 3 is 2.50 bits per heavy atom. The fraction of sp³-hybridized carbons (Fsp3) is 0.200. The average molecular weight is 572 g/mol. The second-order valence-corrected chi connectivity index (χ2v) is 10.0. The topological polar surface area (TPSA) is 92.1 Å². The zero-order valence-electron chi connectivity index (χ0n) is 21.0. The molecular formula is C30H26BrN3O4. The maximum atomic E-state index is 13.3. The van der Waals surface area contributed by atoms with E-state index >= 15 is 0 Å². The van der Waals surface area contributed by atoms with Crippen molar-refractivity contribution in [3.05, 3.63) is 94.1 Å². The van der Waals surface area contributed by atoms with Gasteiger partial charge in [-0.05, 0) is 36.8 Å². The molecular weight excluding hydrogens is 546 g/mol. The average Bonchev–Trinajstić information content (AvgIpc) is 3.36. The van der Waals surface area contributed by atoms with Crippen LogP contribution in [0.5, 0.6) is 5.75 Å². The van der Waals surface area contributed by atoms with Crippen LogP contribution in [0.1, 0.15) is 42.1 Å². The van der Waals surface area contributed by atoms with Crippen LogP contribution in [-0.4, -0.2) is 39.8 Å². The Labute approximate surface area is 228 Å². The number of carbonyl (C=O) groups excluding carboxylic acids is 1. The van der Waals surface area contributed by atoms with Crippen molar-refractivity contribution in [1.29, 1.82) is 0 Å². The van der Waals surface area contributed by atoms with Gasteiger partial charge in [0, 0.05) is 45.1 Å². The zero-order chi connectivity index (χ0) is 26.8. The predicted molar refractivity (Wildman–Crippen MR) is 150 cm³/mol. The molecule has 1 aromatic heterocycles. The molecule has 192 valence electrons. The number of hydrazone groups is 1. The number of para-hydroxylation sites is 1. The summed E-state index contributed by atoms with van der Waals surface area (Å²) in [5, 5.41) is 16.4. The van der Waals surface area contributed by atoms with E-state index in [1.54, 1.807) is 7.11 Å². The van der Waals surface area contributed by atoms with E-state index in [0.717, 1.165) is 49.0 Å². The molecule has 8 heteroatoms. The number of aromatic nitrogens is 1. The van der Waals surface area contributed by atoms with Gasteiger partial charge in [0.25, 0.3) is 0 Å². The van der Waals surface area contributed by atoms with E-state index in [1.165, 1.54) is 5.01 Å². The van der Waals surface area contributed by atoms with Gasteiger partial charge < -0.3 is 9.84 Å². The first kappa shape index (κ1) is 25.6. The Morgan fingerprint density at radius 2 is 1.76 bits per heavy atom. The van der Waals surface area contributed by atoms with Crippen molar-refractivity contribution >= 4 is 44.4 Å². The molecule has 38 heavy (non-hydrogen) atoms. The summed E-state index contributed by atoms with van der Waals surface area (Å²) < 4.78 is 6.55. The number of fused-ring (bicyclic) bond motifs is 1. The van der Waals surface area contributed by atoms with Crippen LogP contribution in [0.3, 0.4) is 0 Å². The highest BCUT2D eigenvalue weighted by atomic mass is 79.9. The SMILES string of the molecule is COc1ccccc1[C@H]1CC(c2c(C)nc3ccc(Br)cc3c2-c2ccccc2)=NN1C(=O)CCC(=O)O. The van der Waals surface area contributed by atoms with Crippen LogP contribution in [0, 0.1) is 6.92 Å². The van der Waals surface area contributed by atoms with Gasteiger partial charge in [0.05, 0.1) is 30.8 Å². The minimum absolute atomic E-state index is 0.148. The smallest absolute Gasteiger partial charge is 0.303 e. The van der Waals surface area contributed by atoms with Crippen LogP contribution in [0.2, 0.25) is 0 Å². The Balaban J connectivity index is 1.71. The van der Waals surface area contributed by atoms with Gasteiger partial charge in [-0.15, -0.1) is 0 Å². The van der Waals surface area contributed by atoms with Crippen LogP contribution in [0.4, 0.5) is 0 Å². The molecule has 0 fully saturated rings. The van der Waals surface area contributed by atoms with E-state index in [-0.39, 0.29) is 18.7 Å². The normalized spacial score (nSPS) is 15.0. The first-order valence-corrected chi connectivity index (χ1v) is 13.1. The van der Waals surface area contributed by atoms with Gasteiger partial charge in [-0.2, -0.15) is 5.10 Å². The molecule has 1 aliphatic heterocycles. The summed E-state index contributed by atoms with van der Waals surface area (Å²) >= 11 is 3.61. The van der Waals surface area contributed by atoms with Crippen LogP contribution in [0.15, 0.2) is 82.4 Å². The molecule has 1 atom stereocenters. The summed E-state index contributed by atoms with van der Waals surface area (Å²) in [6.45, 7) is 1.96. The lowest BCUT2D eigenvalue weighted by molar-refractivity contribution is -0.141. The molecule has 4 aromatic rings. The monoisotopic (exact) mass is 571 g/mol. The van der Waals surface area contributed by atoms with Crippen LogP contribution < -0.4 is 4.74 Å². The number of aliphatic carboxylic acids is 1. The molecule has 1 amide bonds. The minimum atomic E-state index is -1.03. The third kappa shape index (κ3) is 4.91. The lowest BCUT2D eigenvalue weighted by Gasteiger charge is -2.23. The summed E-state index contributed by atoms with van der Waals surface area (Å²) in [7, 11) is 1.59. The quantitative estimate of drug-likeness (QED) is 0.272. The Bertz CT molecular complexity index is 1570. The third-order valence-electron chi connectivity index (χ3n) is 6.70. The number of carboxylic acid groups (broad SMARTS) is 1. The molecule has 3 aromatic carbocycles. The highest BCUT2D eigenvalue weighted by Gasteiger charge is 2.36. The second-order valence-electron chi connectivity index (χ2n) is 9.12. The number of ether oxygens (including phenoxy) is 1. The number of hydrogen-bond acceptors (Lipinski definition) is 5. The molecule has 7 nitrogen and oxygen atoms in total. The number of methoxy groups -OCH3 is 1. The number of carbonyl (C=O) groups is 2. The van der Waals surface area contributed by atoms with E-state index in [0.29, 0.717) is 12.2 Å². The number of carboxylic acids is 1. The number of halogens is 1. The maximum absolute atomic E-state index is 13.3. The van der Waals surface area contributed by atoms with E-state index in [4.69, 9.17) is 14.8 Å². The first-order valence-electron chi connectivity index (χ1n) is 12.3. The van der Waals surface area contributed by atoms with E-state index in [9.17, 15) is 14.7 Å². The van der Waals surface area contributed by atoms with Gasteiger partial charge in [0.1, 0.15) is 5.75 Å². The summed E-state index contributed by atoms with van der Waals surface area (Å²) in [5.74, 6) is -0.735. The summed E-state index contributed by atoms with van der Waals surface area (Å²) in [4.78, 5) is 29.4. The van der Waals surface area contributed by atoms with E-state index in [2.05, 4.69) is 34.1 Å². The fourth-order valence-electron chi connectivity index (χ4n) is 5.02. The van der Waals surface area contributed by atoms with Crippen LogP contribution in [0.25, 0.3) is 22.0 Å². The Kier molecular flexibility index (Phi) is 7.24. The number of aryl methyl sites for hydroxylation is 1. The number of benzene rings is 3. The van der Waals surface area contributed by atoms with Crippen molar-refractivity contribution < 1.29 is 19.4 Å². The maximum Gasteiger partial charge on any atom is 0.303 e. The number of pyridine rings is 1. The lowest BCUT2D eigenvalue weighted by Crippen LogP contribution is -2.27. The first-order chi connectivity index (χ1) is 18.4. The molecule has 0 spiro atoms. The highest BCUT2D eigenvalue weighted by molar-refractivity contribution is 9.10. The lowest BCUT2D eigenvalue weighted by atomic mass is 9.89. The molecule has 0 aliphatic carbocycles. The fourth-order valence-corrected chi connectivity index (χ4v) is 5.38. The summed E-state index contributed by atoms with van der Waals surface area (Å²) in [6, 6.07) is 23.2. The van der Waals surface area contributed by atoms with Gasteiger partial charge in [0.2, 0.25) is 5.91 Å². The molecule has 1 aliphatic rings. The molecule has 0 saturated carbocycles.